The van der Waals surface area contributed by atoms with Crippen LogP contribution in [0.5, 0.6) is 0 Å². The number of fused-ring (bicyclic) bond motifs is 1. The first-order valence-corrected chi connectivity index (χ1v) is 14.7. The van der Waals surface area contributed by atoms with Crippen LogP contribution in [0.25, 0.3) is 16.7 Å². The summed E-state index contributed by atoms with van der Waals surface area (Å²) in [5.74, 6) is 0.908. The molecule has 8 heteroatoms. The molecule has 0 unspecified atom stereocenters. The number of hydrogen-bond acceptors (Lipinski definition) is 6. The van der Waals surface area contributed by atoms with E-state index in [-0.39, 0.29) is 35.0 Å². The number of rotatable bonds is 6. The lowest BCUT2D eigenvalue weighted by molar-refractivity contribution is -0.0278. The van der Waals surface area contributed by atoms with Crippen LogP contribution in [0.1, 0.15) is 64.1 Å². The molecule has 4 bridgehead atoms. The Balaban J connectivity index is 1.20. The molecule has 0 saturated heterocycles. The van der Waals surface area contributed by atoms with Gasteiger partial charge in [-0.05, 0) is 91.8 Å². The fourth-order valence-corrected chi connectivity index (χ4v) is 8.10. The number of esters is 1. The molecule has 2 heterocycles. The number of nitrogens with two attached hydrogens (primary N) is 1. The van der Waals surface area contributed by atoms with E-state index in [1.165, 1.54) is 7.11 Å². The van der Waals surface area contributed by atoms with Crippen molar-refractivity contribution in [2.75, 3.05) is 7.11 Å². The highest BCUT2D eigenvalue weighted by Gasteiger charge is 2.54. The second kappa shape index (κ2) is 10.2. The molecule has 8 rings (SSSR count). The molecule has 42 heavy (non-hydrogen) atoms. The molecule has 8 nitrogen and oxygen atoms in total. The minimum absolute atomic E-state index is 0.0413. The Kier molecular flexibility index (Phi) is 6.46. The van der Waals surface area contributed by atoms with Crippen LogP contribution in [-0.2, 0) is 11.2 Å². The Hall–Kier alpha value is -4.30. The van der Waals surface area contributed by atoms with Gasteiger partial charge in [-0.3, -0.25) is 14.2 Å². The zero-order valence-corrected chi connectivity index (χ0v) is 23.6. The lowest BCUT2D eigenvalue weighted by Crippen LogP contribution is -2.64. The number of nitrogens with zero attached hydrogens (tertiary/aromatic N) is 2. The monoisotopic (exact) mass is 562 g/mol. The average molecular weight is 563 g/mol. The zero-order chi connectivity index (χ0) is 29.0. The van der Waals surface area contributed by atoms with E-state index in [0.29, 0.717) is 45.6 Å². The van der Waals surface area contributed by atoms with Gasteiger partial charge >= 0.3 is 5.97 Å². The molecule has 5 atom stereocenters. The second-order valence-electron chi connectivity index (χ2n) is 12.4. The standard InChI is InChI=1S/C34H34N4O4/c1-42-33(41)29-27(30(39)26-8-5-13-36-31(26)38(29)25-6-3-2-4-7-25)16-20-9-11-22(12-10-20)32(40)37-28-23-14-21-15-24(28)19-34(35,17-21)18-23/h2-13,21,23-24,28H,14-19,35H2,1H3,(H,37,40)/t21-,23+,24-,28-,34-. The van der Waals surface area contributed by atoms with Crippen molar-refractivity contribution < 1.29 is 14.3 Å². The van der Waals surface area contributed by atoms with Gasteiger partial charge in [0.25, 0.3) is 5.91 Å². The minimum atomic E-state index is -0.621. The van der Waals surface area contributed by atoms with Gasteiger partial charge in [0.1, 0.15) is 11.3 Å². The summed E-state index contributed by atoms with van der Waals surface area (Å²) in [5, 5.41) is 3.75. The summed E-state index contributed by atoms with van der Waals surface area (Å²) in [6, 6.07) is 20.2. The molecule has 214 valence electrons. The first kappa shape index (κ1) is 26.6. The maximum absolute atomic E-state index is 13.8. The summed E-state index contributed by atoms with van der Waals surface area (Å²) in [6.07, 6.45) is 7.22. The summed E-state index contributed by atoms with van der Waals surface area (Å²) in [6.45, 7) is 0. The van der Waals surface area contributed by atoms with Crippen molar-refractivity contribution in [2.24, 2.45) is 23.5 Å². The molecule has 0 radical (unpaired) electrons. The predicted molar refractivity (Wildman–Crippen MR) is 160 cm³/mol. The first-order valence-electron chi connectivity index (χ1n) is 14.7. The zero-order valence-electron chi connectivity index (χ0n) is 23.6. The van der Waals surface area contributed by atoms with Crippen LogP contribution in [-0.4, -0.2) is 40.1 Å². The van der Waals surface area contributed by atoms with Crippen LogP contribution in [0.4, 0.5) is 0 Å². The second-order valence-corrected chi connectivity index (χ2v) is 12.4. The van der Waals surface area contributed by atoms with Crippen LogP contribution >= 0.6 is 0 Å². The van der Waals surface area contributed by atoms with Crippen molar-refractivity contribution >= 4 is 22.9 Å². The average Bonchev–Trinajstić information content (AvgIpc) is 2.99. The Morgan fingerprint density at radius 3 is 2.38 bits per heavy atom. The van der Waals surface area contributed by atoms with Gasteiger partial charge < -0.3 is 15.8 Å². The van der Waals surface area contributed by atoms with Gasteiger partial charge in [0, 0.05) is 41.0 Å². The number of nitrogens with one attached hydrogen (secondary N) is 1. The van der Waals surface area contributed by atoms with E-state index in [1.807, 2.05) is 42.5 Å². The SMILES string of the molecule is COC(=O)c1c(Cc2ccc(C(=O)N[C@H]3[C@@H]4C[C@H]5C[C@H]3C[C@](N)(C5)C4)cc2)c(=O)c2cccnc2n1-c1ccccc1. The maximum atomic E-state index is 13.8. The fraction of sp³-hybridized carbons (Fsp3) is 0.353. The molecular formula is C34H34N4O4. The van der Waals surface area contributed by atoms with Gasteiger partial charge in [0.05, 0.1) is 12.5 Å². The van der Waals surface area contributed by atoms with Gasteiger partial charge in [-0.2, -0.15) is 0 Å². The number of carbonyl (C=O) groups excluding carboxylic acids is 2. The van der Waals surface area contributed by atoms with Crippen LogP contribution < -0.4 is 16.5 Å². The highest BCUT2D eigenvalue weighted by molar-refractivity contribution is 5.95. The summed E-state index contributed by atoms with van der Waals surface area (Å²) >= 11 is 0. The normalized spacial score (nSPS) is 25.9. The van der Waals surface area contributed by atoms with Gasteiger partial charge in [-0.1, -0.05) is 30.3 Å². The van der Waals surface area contributed by atoms with E-state index in [2.05, 4.69) is 10.3 Å². The Labute approximate surface area is 243 Å². The number of methoxy groups -OCH3 is 1. The quantitative estimate of drug-likeness (QED) is 0.337. The molecule has 4 aliphatic rings. The third-order valence-electron chi connectivity index (χ3n) is 9.64. The van der Waals surface area contributed by atoms with Crippen LogP contribution in [0.2, 0.25) is 0 Å². The molecule has 4 saturated carbocycles. The molecule has 0 aliphatic heterocycles. The lowest BCUT2D eigenvalue weighted by Gasteiger charge is -2.58. The van der Waals surface area contributed by atoms with Gasteiger partial charge in [0.2, 0.25) is 0 Å². The Morgan fingerprint density at radius 2 is 1.71 bits per heavy atom. The predicted octanol–water partition coefficient (Wildman–Crippen LogP) is 4.40. The van der Waals surface area contributed by atoms with E-state index >= 15 is 0 Å². The molecule has 4 aliphatic carbocycles. The fourth-order valence-electron chi connectivity index (χ4n) is 8.10. The molecule has 4 fully saturated rings. The summed E-state index contributed by atoms with van der Waals surface area (Å²) < 4.78 is 6.85. The third-order valence-corrected chi connectivity index (χ3v) is 9.64. The van der Waals surface area contributed by atoms with Crippen molar-refractivity contribution in [3.05, 3.63) is 106 Å². The molecule has 3 N–H and O–H groups in total. The Bertz CT molecular complexity index is 1730. The first-order chi connectivity index (χ1) is 20.3. The van der Waals surface area contributed by atoms with Gasteiger partial charge in [-0.25, -0.2) is 9.78 Å². The number of ether oxygens (including phenoxy) is 1. The third kappa shape index (κ3) is 4.50. The van der Waals surface area contributed by atoms with E-state index in [1.54, 1.807) is 35.0 Å². The molecule has 1 amide bonds. The van der Waals surface area contributed by atoms with E-state index in [9.17, 15) is 14.4 Å². The number of hydrogen-bond donors (Lipinski definition) is 2. The highest BCUT2D eigenvalue weighted by Crippen LogP contribution is 2.54. The van der Waals surface area contributed by atoms with Crippen molar-refractivity contribution in [1.82, 2.24) is 14.9 Å². The van der Waals surface area contributed by atoms with Crippen LogP contribution in [0, 0.1) is 17.8 Å². The number of pyridine rings is 2. The van der Waals surface area contributed by atoms with Crippen LogP contribution in [0.3, 0.4) is 0 Å². The molecule has 0 spiro atoms. The molecule has 2 aromatic carbocycles. The Morgan fingerprint density at radius 1 is 1.00 bits per heavy atom. The van der Waals surface area contributed by atoms with E-state index < -0.39 is 5.97 Å². The van der Waals surface area contributed by atoms with Crippen molar-refractivity contribution in [1.29, 1.82) is 0 Å². The van der Waals surface area contributed by atoms with Crippen molar-refractivity contribution in [3.8, 4) is 5.69 Å². The van der Waals surface area contributed by atoms with Gasteiger partial charge in [0.15, 0.2) is 5.43 Å². The highest BCUT2D eigenvalue weighted by atomic mass is 16.5. The smallest absolute Gasteiger partial charge is 0.355 e. The number of benzene rings is 2. The topological polar surface area (TPSA) is 116 Å². The largest absolute Gasteiger partial charge is 0.464 e. The van der Waals surface area contributed by atoms with E-state index in [0.717, 1.165) is 37.7 Å². The summed E-state index contributed by atoms with van der Waals surface area (Å²) in [5.41, 5.74) is 9.26. The number of carbonyl (C=O) groups is 2. The molecule has 2 aromatic heterocycles. The van der Waals surface area contributed by atoms with Crippen LogP contribution in [0.15, 0.2) is 77.7 Å². The number of para-hydroxylation sites is 1. The summed E-state index contributed by atoms with van der Waals surface area (Å²) in [4.78, 5) is 44.7. The molecular weight excluding hydrogens is 528 g/mol. The maximum Gasteiger partial charge on any atom is 0.355 e. The number of aromatic nitrogens is 2. The number of amides is 1. The summed E-state index contributed by atoms with van der Waals surface area (Å²) in [7, 11) is 1.30. The minimum Gasteiger partial charge on any atom is -0.464 e. The molecule has 4 aromatic rings. The van der Waals surface area contributed by atoms with Gasteiger partial charge in [-0.15, -0.1) is 0 Å². The van der Waals surface area contributed by atoms with Crippen molar-refractivity contribution in [2.45, 2.75) is 50.1 Å². The van der Waals surface area contributed by atoms with Crippen molar-refractivity contribution in [3.63, 3.8) is 0 Å². The van der Waals surface area contributed by atoms with E-state index in [4.69, 9.17) is 10.5 Å². The lowest BCUT2D eigenvalue weighted by atomic mass is 9.51.